The first kappa shape index (κ1) is 21.6. The van der Waals surface area contributed by atoms with Crippen LogP contribution >= 0.6 is 0 Å². The maximum atomic E-state index is 12.4. The molecule has 2 aliphatic rings. The zero-order chi connectivity index (χ0) is 20.9. The molecule has 162 valence electrons. The molecule has 3 N–H and O–H groups in total. The molecule has 1 aliphatic heterocycles. The lowest BCUT2D eigenvalue weighted by Crippen LogP contribution is -2.31. The molecule has 2 heterocycles. The zero-order valence-electron chi connectivity index (χ0n) is 16.8. The molecular weight excluding hydrogens is 396 g/mol. The van der Waals surface area contributed by atoms with E-state index in [1.165, 1.54) is 17.7 Å². The average molecular weight is 427 g/mol. The molecule has 1 saturated heterocycles. The minimum atomic E-state index is -3.42. The van der Waals surface area contributed by atoms with Gasteiger partial charge in [-0.3, -0.25) is 10.1 Å². The van der Waals surface area contributed by atoms with Gasteiger partial charge in [0.15, 0.2) is 5.88 Å². The number of nitrogens with zero attached hydrogens (tertiary/aromatic N) is 1. The van der Waals surface area contributed by atoms with Crippen LogP contribution in [0.2, 0.25) is 0 Å². The number of aromatic amines is 1. The molecule has 29 heavy (non-hydrogen) atoms. The van der Waals surface area contributed by atoms with E-state index in [1.54, 1.807) is 0 Å². The number of rotatable bonds is 13. The van der Waals surface area contributed by atoms with E-state index < -0.39 is 10.0 Å². The smallest absolute Gasteiger partial charge is 0.324 e. The van der Waals surface area contributed by atoms with Crippen LogP contribution < -0.4 is 14.8 Å². The van der Waals surface area contributed by atoms with E-state index in [0.717, 1.165) is 5.69 Å². The first-order valence-electron chi connectivity index (χ1n) is 10.3. The number of aromatic nitrogens is 1. The Morgan fingerprint density at radius 2 is 2.03 bits per heavy atom. The highest BCUT2D eigenvalue weighted by Crippen LogP contribution is 2.29. The van der Waals surface area contributed by atoms with E-state index in [0.29, 0.717) is 50.6 Å². The number of imide groups is 1. The molecule has 1 atom stereocenters. The molecule has 0 bridgehead atoms. The van der Waals surface area contributed by atoms with E-state index in [9.17, 15) is 18.0 Å². The Balaban J connectivity index is 1.39. The van der Waals surface area contributed by atoms with Gasteiger partial charge in [0.2, 0.25) is 15.9 Å². The molecule has 1 aromatic heterocycles. The standard InChI is InChI=1S/C19H30N4O5S/c1-2-15(16-8-9-18(20-16)28-13-14-6-7-14)22-29(26,27)11-5-3-4-10-23-12-17(24)21-19(23)25/h8-9,14-15,20,22H,2-7,10-13H2,1H3,(H,21,24,25). The van der Waals surface area contributed by atoms with Gasteiger partial charge in [0.25, 0.3) is 0 Å². The molecule has 1 aliphatic carbocycles. The van der Waals surface area contributed by atoms with E-state index in [-0.39, 0.29) is 30.3 Å². The molecule has 1 aromatic rings. The van der Waals surface area contributed by atoms with Gasteiger partial charge in [-0.25, -0.2) is 17.9 Å². The second-order valence-electron chi connectivity index (χ2n) is 7.77. The summed E-state index contributed by atoms with van der Waals surface area (Å²) in [6.07, 6.45) is 4.88. The number of carbonyl (C=O) groups excluding carboxylic acids is 2. The van der Waals surface area contributed by atoms with Crippen LogP contribution in [0.3, 0.4) is 0 Å². The van der Waals surface area contributed by atoms with Crippen molar-refractivity contribution in [3.63, 3.8) is 0 Å². The lowest BCUT2D eigenvalue weighted by molar-refractivity contribution is -0.118. The first-order chi connectivity index (χ1) is 13.9. The number of sulfonamides is 1. The summed E-state index contributed by atoms with van der Waals surface area (Å²) in [5.41, 5.74) is 0.798. The Morgan fingerprint density at radius 3 is 2.69 bits per heavy atom. The average Bonchev–Trinajstić information content (AvgIpc) is 3.29. The lowest BCUT2D eigenvalue weighted by atomic mass is 10.2. The summed E-state index contributed by atoms with van der Waals surface area (Å²) in [6, 6.07) is 3.01. The largest absolute Gasteiger partial charge is 0.479 e. The van der Waals surface area contributed by atoms with Crippen molar-refractivity contribution < 1.29 is 22.7 Å². The number of hydrogen-bond acceptors (Lipinski definition) is 5. The maximum absolute atomic E-state index is 12.4. The summed E-state index contributed by atoms with van der Waals surface area (Å²) < 4.78 is 33.3. The van der Waals surface area contributed by atoms with E-state index in [4.69, 9.17) is 4.74 Å². The molecular formula is C19H30N4O5S. The minimum Gasteiger partial charge on any atom is -0.479 e. The Morgan fingerprint density at radius 1 is 1.24 bits per heavy atom. The summed E-state index contributed by atoms with van der Waals surface area (Å²) in [7, 11) is -3.42. The number of urea groups is 1. The molecule has 0 spiro atoms. The van der Waals surface area contributed by atoms with Crippen molar-refractivity contribution in [2.45, 2.75) is 51.5 Å². The normalized spacial score (nSPS) is 18.2. The van der Waals surface area contributed by atoms with Crippen LogP contribution in [0.5, 0.6) is 5.88 Å². The highest BCUT2D eigenvalue weighted by molar-refractivity contribution is 7.89. The summed E-state index contributed by atoms with van der Waals surface area (Å²) in [5.74, 6) is 1.06. The van der Waals surface area contributed by atoms with Gasteiger partial charge in [0.05, 0.1) is 18.4 Å². The lowest BCUT2D eigenvalue weighted by Gasteiger charge is -2.16. The summed E-state index contributed by atoms with van der Waals surface area (Å²) in [4.78, 5) is 27.2. The SMILES string of the molecule is CCC(NS(=O)(=O)CCCCCN1CC(=O)NC1=O)c1ccc(OCC2CC2)[nH]1. The number of amides is 3. The highest BCUT2D eigenvalue weighted by atomic mass is 32.2. The van der Waals surface area contributed by atoms with E-state index in [2.05, 4.69) is 15.0 Å². The van der Waals surface area contributed by atoms with Crippen molar-refractivity contribution in [2.75, 3.05) is 25.4 Å². The molecule has 2 fully saturated rings. The van der Waals surface area contributed by atoms with Crippen LogP contribution in [-0.4, -0.2) is 55.7 Å². The maximum Gasteiger partial charge on any atom is 0.324 e. The summed E-state index contributed by atoms with van der Waals surface area (Å²) in [6.45, 7) is 3.17. The molecule has 0 radical (unpaired) electrons. The predicted molar refractivity (Wildman–Crippen MR) is 108 cm³/mol. The third-order valence-electron chi connectivity index (χ3n) is 5.17. The monoisotopic (exact) mass is 426 g/mol. The fourth-order valence-corrected chi connectivity index (χ4v) is 4.68. The predicted octanol–water partition coefficient (Wildman–Crippen LogP) is 1.90. The highest BCUT2D eigenvalue weighted by Gasteiger charge is 2.26. The van der Waals surface area contributed by atoms with Crippen LogP contribution in [0, 0.1) is 5.92 Å². The molecule has 1 unspecified atom stereocenters. The topological polar surface area (TPSA) is 121 Å². The Labute approximate surface area is 171 Å². The van der Waals surface area contributed by atoms with Crippen molar-refractivity contribution in [3.8, 4) is 5.88 Å². The quantitative estimate of drug-likeness (QED) is 0.329. The number of unbranched alkanes of at least 4 members (excludes halogenated alkanes) is 2. The van der Waals surface area contributed by atoms with Gasteiger partial charge in [-0.2, -0.15) is 0 Å². The Hall–Kier alpha value is -2.07. The van der Waals surface area contributed by atoms with Crippen LogP contribution in [-0.2, 0) is 14.8 Å². The van der Waals surface area contributed by atoms with Crippen LogP contribution in [0.25, 0.3) is 0 Å². The molecule has 3 amide bonds. The van der Waals surface area contributed by atoms with Gasteiger partial charge >= 0.3 is 6.03 Å². The number of ether oxygens (including phenoxy) is 1. The van der Waals surface area contributed by atoms with E-state index in [1.807, 2.05) is 19.1 Å². The second-order valence-corrected chi connectivity index (χ2v) is 9.64. The Bertz CT molecular complexity index is 818. The summed E-state index contributed by atoms with van der Waals surface area (Å²) >= 11 is 0. The van der Waals surface area contributed by atoms with Crippen LogP contribution in [0.15, 0.2) is 12.1 Å². The van der Waals surface area contributed by atoms with Gasteiger partial charge in [-0.05, 0) is 50.2 Å². The van der Waals surface area contributed by atoms with Crippen molar-refractivity contribution in [2.24, 2.45) is 5.92 Å². The molecule has 9 nitrogen and oxygen atoms in total. The third kappa shape index (κ3) is 6.74. The van der Waals surface area contributed by atoms with E-state index >= 15 is 0 Å². The van der Waals surface area contributed by atoms with Gasteiger partial charge in [-0.1, -0.05) is 13.3 Å². The number of H-pyrrole nitrogens is 1. The van der Waals surface area contributed by atoms with Crippen molar-refractivity contribution >= 4 is 22.0 Å². The fourth-order valence-electron chi connectivity index (χ4n) is 3.25. The van der Waals surface area contributed by atoms with Gasteiger partial charge in [0, 0.05) is 12.2 Å². The summed E-state index contributed by atoms with van der Waals surface area (Å²) in [5, 5.41) is 2.22. The molecule has 10 heteroatoms. The Kier molecular flexibility index (Phi) is 7.18. The number of hydrogen-bond donors (Lipinski definition) is 3. The molecule has 1 saturated carbocycles. The zero-order valence-corrected chi connectivity index (χ0v) is 17.6. The van der Waals surface area contributed by atoms with Crippen LogP contribution in [0.4, 0.5) is 4.79 Å². The first-order valence-corrected chi connectivity index (χ1v) is 11.9. The fraction of sp³-hybridized carbons (Fsp3) is 0.684. The van der Waals surface area contributed by atoms with Crippen molar-refractivity contribution in [1.29, 1.82) is 0 Å². The van der Waals surface area contributed by atoms with Crippen molar-refractivity contribution in [3.05, 3.63) is 17.8 Å². The second kappa shape index (κ2) is 9.62. The molecule has 3 rings (SSSR count). The van der Waals surface area contributed by atoms with Crippen molar-refractivity contribution in [1.82, 2.24) is 19.9 Å². The number of carbonyl (C=O) groups is 2. The van der Waals surface area contributed by atoms with Gasteiger partial charge in [0.1, 0.15) is 6.54 Å². The van der Waals surface area contributed by atoms with Gasteiger partial charge in [-0.15, -0.1) is 0 Å². The third-order valence-corrected chi connectivity index (χ3v) is 6.64. The molecule has 0 aromatic carbocycles. The van der Waals surface area contributed by atoms with Gasteiger partial charge < -0.3 is 14.6 Å². The van der Waals surface area contributed by atoms with Crippen LogP contribution in [0.1, 0.15) is 57.2 Å². The number of nitrogens with one attached hydrogen (secondary N) is 3. The minimum absolute atomic E-state index is 0.0281.